The molecule has 30 heavy (non-hydrogen) atoms. The molecule has 0 bridgehead atoms. The highest BCUT2D eigenvalue weighted by atomic mass is 32.1. The van der Waals surface area contributed by atoms with Crippen LogP contribution in [0.5, 0.6) is 11.5 Å². The van der Waals surface area contributed by atoms with Gasteiger partial charge in [0.1, 0.15) is 18.0 Å². The molecule has 2 aromatic heterocycles. The van der Waals surface area contributed by atoms with Crippen molar-refractivity contribution in [2.24, 2.45) is 0 Å². The molecular formula is C20H18N6O3S. The SMILES string of the molecule is COc1ccc(OC)c(-c2csc(NC(=O)Cn3nnc(-c4ccccc4)n3)n2)c1. The Morgan fingerprint density at radius 1 is 1.13 bits per heavy atom. The highest BCUT2D eigenvalue weighted by molar-refractivity contribution is 7.14. The molecule has 9 nitrogen and oxygen atoms in total. The fourth-order valence-electron chi connectivity index (χ4n) is 2.77. The van der Waals surface area contributed by atoms with Gasteiger partial charge in [0.05, 0.1) is 19.9 Å². The Morgan fingerprint density at radius 3 is 2.73 bits per heavy atom. The van der Waals surface area contributed by atoms with Crippen molar-refractivity contribution in [1.82, 2.24) is 25.2 Å². The number of benzene rings is 2. The van der Waals surface area contributed by atoms with Crippen molar-refractivity contribution < 1.29 is 14.3 Å². The number of ether oxygens (including phenoxy) is 2. The predicted octanol–water partition coefficient (Wildman–Crippen LogP) is 3.12. The normalized spacial score (nSPS) is 10.6. The fraction of sp³-hybridized carbons (Fsp3) is 0.150. The summed E-state index contributed by atoms with van der Waals surface area (Å²) in [6, 6.07) is 14.9. The Morgan fingerprint density at radius 2 is 1.97 bits per heavy atom. The number of carbonyl (C=O) groups is 1. The first-order chi connectivity index (χ1) is 14.7. The van der Waals surface area contributed by atoms with Crippen molar-refractivity contribution in [3.8, 4) is 34.1 Å². The second-order valence-electron chi connectivity index (χ2n) is 6.16. The molecule has 4 rings (SSSR count). The number of aromatic nitrogens is 5. The Hall–Kier alpha value is -3.79. The number of nitrogens with one attached hydrogen (secondary N) is 1. The van der Waals surface area contributed by atoms with Crippen molar-refractivity contribution in [2.75, 3.05) is 19.5 Å². The molecule has 0 aliphatic rings. The van der Waals surface area contributed by atoms with Crippen LogP contribution >= 0.6 is 11.3 Å². The zero-order chi connectivity index (χ0) is 20.9. The van der Waals surface area contributed by atoms with E-state index in [1.807, 2.05) is 53.9 Å². The summed E-state index contributed by atoms with van der Waals surface area (Å²) in [6.45, 7) is -0.0722. The van der Waals surface area contributed by atoms with Crippen LogP contribution in [0.15, 0.2) is 53.9 Å². The van der Waals surface area contributed by atoms with Gasteiger partial charge in [-0.25, -0.2) is 4.98 Å². The molecule has 0 fully saturated rings. The van der Waals surface area contributed by atoms with E-state index in [1.165, 1.54) is 16.1 Å². The lowest BCUT2D eigenvalue weighted by atomic mass is 10.1. The lowest BCUT2D eigenvalue weighted by Crippen LogP contribution is -2.20. The molecule has 0 saturated carbocycles. The predicted molar refractivity (Wildman–Crippen MR) is 113 cm³/mol. The van der Waals surface area contributed by atoms with Gasteiger partial charge >= 0.3 is 0 Å². The second-order valence-corrected chi connectivity index (χ2v) is 7.02. The van der Waals surface area contributed by atoms with E-state index in [0.717, 1.165) is 11.1 Å². The first-order valence-electron chi connectivity index (χ1n) is 8.97. The summed E-state index contributed by atoms with van der Waals surface area (Å²) in [6.07, 6.45) is 0. The third-order valence-corrected chi connectivity index (χ3v) is 4.96. The number of thiazole rings is 1. The lowest BCUT2D eigenvalue weighted by molar-refractivity contribution is -0.117. The van der Waals surface area contributed by atoms with Gasteiger partial charge < -0.3 is 14.8 Å². The molecule has 0 atom stereocenters. The van der Waals surface area contributed by atoms with Crippen LogP contribution in [0, 0.1) is 0 Å². The number of tetrazole rings is 1. The molecule has 1 amide bonds. The maximum absolute atomic E-state index is 12.4. The van der Waals surface area contributed by atoms with E-state index < -0.39 is 0 Å². The number of carbonyl (C=O) groups excluding carboxylic acids is 1. The van der Waals surface area contributed by atoms with E-state index in [4.69, 9.17) is 9.47 Å². The first kappa shape index (κ1) is 19.5. The van der Waals surface area contributed by atoms with Crippen LogP contribution < -0.4 is 14.8 Å². The van der Waals surface area contributed by atoms with E-state index in [9.17, 15) is 4.79 Å². The summed E-state index contributed by atoms with van der Waals surface area (Å²) in [7, 11) is 3.19. The van der Waals surface area contributed by atoms with Gasteiger partial charge in [-0.1, -0.05) is 30.3 Å². The molecular weight excluding hydrogens is 404 g/mol. The number of nitrogens with zero attached hydrogens (tertiary/aromatic N) is 5. The highest BCUT2D eigenvalue weighted by Crippen LogP contribution is 2.35. The van der Waals surface area contributed by atoms with Gasteiger partial charge in [-0.2, -0.15) is 4.80 Å². The summed E-state index contributed by atoms with van der Waals surface area (Å²) < 4.78 is 10.7. The quantitative estimate of drug-likeness (QED) is 0.488. The van der Waals surface area contributed by atoms with Gasteiger partial charge in [-0.05, 0) is 23.4 Å². The van der Waals surface area contributed by atoms with Gasteiger partial charge in [0.25, 0.3) is 0 Å². The Kier molecular flexibility index (Phi) is 5.66. The van der Waals surface area contributed by atoms with E-state index in [1.54, 1.807) is 14.2 Å². The van der Waals surface area contributed by atoms with Crippen LogP contribution in [0.25, 0.3) is 22.6 Å². The molecule has 0 radical (unpaired) electrons. The number of anilines is 1. The summed E-state index contributed by atoms with van der Waals surface area (Å²) >= 11 is 1.31. The number of hydrogen-bond acceptors (Lipinski definition) is 8. The summed E-state index contributed by atoms with van der Waals surface area (Å²) in [5.74, 6) is 1.52. The van der Waals surface area contributed by atoms with Crippen molar-refractivity contribution in [3.05, 3.63) is 53.9 Å². The minimum Gasteiger partial charge on any atom is -0.497 e. The van der Waals surface area contributed by atoms with Crippen molar-refractivity contribution in [3.63, 3.8) is 0 Å². The van der Waals surface area contributed by atoms with E-state index in [2.05, 4.69) is 25.7 Å². The molecule has 2 aromatic carbocycles. The molecule has 152 valence electrons. The summed E-state index contributed by atoms with van der Waals surface area (Å²) in [5, 5.41) is 17.2. The van der Waals surface area contributed by atoms with Gasteiger partial charge in [0.15, 0.2) is 5.13 Å². The number of rotatable bonds is 7. The Balaban J connectivity index is 1.44. The summed E-state index contributed by atoms with van der Waals surface area (Å²) in [4.78, 5) is 18.1. The van der Waals surface area contributed by atoms with E-state index in [0.29, 0.717) is 28.1 Å². The van der Waals surface area contributed by atoms with Crippen LogP contribution in [0.1, 0.15) is 0 Å². The maximum Gasteiger partial charge on any atom is 0.249 e. The molecule has 0 aliphatic carbocycles. The van der Waals surface area contributed by atoms with E-state index >= 15 is 0 Å². The van der Waals surface area contributed by atoms with Crippen molar-refractivity contribution in [2.45, 2.75) is 6.54 Å². The standard InChI is InChI=1S/C20H18N6O3S/c1-28-14-8-9-17(29-2)15(10-14)16-12-30-20(21-16)22-18(27)11-26-24-19(23-25-26)13-6-4-3-5-7-13/h3-10,12H,11H2,1-2H3,(H,21,22,27). The third kappa shape index (κ3) is 4.28. The van der Waals surface area contributed by atoms with Crippen LogP contribution in [0.3, 0.4) is 0 Å². The molecule has 0 spiro atoms. The smallest absolute Gasteiger partial charge is 0.249 e. The molecule has 10 heteroatoms. The Labute approximate surface area is 176 Å². The van der Waals surface area contributed by atoms with Crippen LogP contribution in [0.2, 0.25) is 0 Å². The van der Waals surface area contributed by atoms with Crippen LogP contribution in [-0.4, -0.2) is 45.3 Å². The van der Waals surface area contributed by atoms with Gasteiger partial charge in [0, 0.05) is 16.5 Å². The number of amides is 1. The van der Waals surface area contributed by atoms with Crippen LogP contribution in [0.4, 0.5) is 5.13 Å². The minimum atomic E-state index is -0.300. The number of methoxy groups -OCH3 is 2. The fourth-order valence-corrected chi connectivity index (χ4v) is 3.50. The monoisotopic (exact) mass is 422 g/mol. The third-order valence-electron chi connectivity index (χ3n) is 4.20. The second kappa shape index (κ2) is 8.70. The molecule has 0 aliphatic heterocycles. The van der Waals surface area contributed by atoms with E-state index in [-0.39, 0.29) is 12.5 Å². The molecule has 1 N–H and O–H groups in total. The van der Waals surface area contributed by atoms with Gasteiger partial charge in [-0.15, -0.1) is 21.5 Å². The Bertz CT molecular complexity index is 1160. The molecule has 4 aromatic rings. The maximum atomic E-state index is 12.4. The van der Waals surface area contributed by atoms with Gasteiger partial charge in [-0.3, -0.25) is 4.79 Å². The average Bonchev–Trinajstić information content (AvgIpc) is 3.43. The highest BCUT2D eigenvalue weighted by Gasteiger charge is 2.14. The average molecular weight is 422 g/mol. The largest absolute Gasteiger partial charge is 0.497 e. The van der Waals surface area contributed by atoms with Gasteiger partial charge in [0.2, 0.25) is 11.7 Å². The van der Waals surface area contributed by atoms with Crippen molar-refractivity contribution in [1.29, 1.82) is 0 Å². The summed E-state index contributed by atoms with van der Waals surface area (Å²) in [5.41, 5.74) is 2.29. The first-order valence-corrected chi connectivity index (χ1v) is 9.85. The zero-order valence-electron chi connectivity index (χ0n) is 16.3. The van der Waals surface area contributed by atoms with Crippen LogP contribution in [-0.2, 0) is 11.3 Å². The van der Waals surface area contributed by atoms with Crippen molar-refractivity contribution >= 4 is 22.4 Å². The number of hydrogen-bond donors (Lipinski definition) is 1. The lowest BCUT2D eigenvalue weighted by Gasteiger charge is -2.08. The topological polar surface area (TPSA) is 104 Å². The zero-order valence-corrected chi connectivity index (χ0v) is 17.1. The minimum absolute atomic E-state index is 0.0722. The molecule has 0 saturated heterocycles. The molecule has 0 unspecified atom stereocenters. The molecule has 2 heterocycles.